The Hall–Kier alpha value is -2.82. The van der Waals surface area contributed by atoms with Crippen molar-refractivity contribution in [1.29, 1.82) is 0 Å². The zero-order chi connectivity index (χ0) is 26.5. The van der Waals surface area contributed by atoms with Crippen molar-refractivity contribution in [3.63, 3.8) is 0 Å². The number of benzene rings is 2. The second-order valence-electron chi connectivity index (χ2n) is 10.1. The van der Waals surface area contributed by atoms with Gasteiger partial charge in [-0.05, 0) is 57.5 Å². The van der Waals surface area contributed by atoms with Gasteiger partial charge in [-0.3, -0.25) is 4.90 Å². The lowest BCUT2D eigenvalue weighted by atomic mass is 10.1. The Morgan fingerprint density at radius 3 is 2.32 bits per heavy atom. The summed E-state index contributed by atoms with van der Waals surface area (Å²) in [6.45, 7) is 8.31. The molecule has 2 aromatic heterocycles. The van der Waals surface area contributed by atoms with Gasteiger partial charge in [0.1, 0.15) is 10.8 Å². The first-order chi connectivity index (χ1) is 18.4. The highest BCUT2D eigenvalue weighted by atomic mass is 32.1. The number of aliphatic hydroxyl groups excluding tert-OH is 1. The second-order valence-corrected chi connectivity index (χ2v) is 11.0. The SMILES string of the molecule is C[C@@H]1CN(CCCCCCOc2ccc(-c3nn4cc(-c5ccc(C(O)O)cc5)nc4s3)cc2)C[C@H](C)O1. The fourth-order valence-corrected chi connectivity index (χ4v) is 5.81. The number of aromatic nitrogens is 3. The fraction of sp³-hybridized carbons (Fsp3) is 0.448. The Labute approximate surface area is 227 Å². The molecule has 0 bridgehead atoms. The molecule has 2 aromatic carbocycles. The third kappa shape index (κ3) is 6.78. The van der Waals surface area contributed by atoms with E-state index in [1.54, 1.807) is 16.6 Å². The maximum absolute atomic E-state index is 9.27. The number of morpholine rings is 1. The van der Waals surface area contributed by atoms with Gasteiger partial charge in [0.15, 0.2) is 6.29 Å². The van der Waals surface area contributed by atoms with Gasteiger partial charge in [0.05, 0.1) is 30.7 Å². The van der Waals surface area contributed by atoms with Crippen LogP contribution in [0.3, 0.4) is 0 Å². The van der Waals surface area contributed by atoms with Gasteiger partial charge in [-0.25, -0.2) is 9.50 Å². The minimum Gasteiger partial charge on any atom is -0.494 e. The van der Waals surface area contributed by atoms with Crippen molar-refractivity contribution in [2.45, 2.75) is 58.0 Å². The van der Waals surface area contributed by atoms with E-state index >= 15 is 0 Å². The Kier molecular flexibility index (Phi) is 8.71. The van der Waals surface area contributed by atoms with Crippen molar-refractivity contribution in [2.24, 2.45) is 0 Å². The summed E-state index contributed by atoms with van der Waals surface area (Å²) in [7, 11) is 0. The third-order valence-electron chi connectivity index (χ3n) is 6.78. The van der Waals surface area contributed by atoms with Crippen molar-refractivity contribution >= 4 is 16.3 Å². The van der Waals surface area contributed by atoms with Crippen LogP contribution in [-0.2, 0) is 4.74 Å². The van der Waals surface area contributed by atoms with Gasteiger partial charge in [0, 0.05) is 29.8 Å². The summed E-state index contributed by atoms with van der Waals surface area (Å²) in [5.74, 6) is 0.880. The monoisotopic (exact) mass is 536 g/mol. The average molecular weight is 537 g/mol. The summed E-state index contributed by atoms with van der Waals surface area (Å²) >= 11 is 1.53. The molecule has 0 amide bonds. The molecule has 38 heavy (non-hydrogen) atoms. The molecule has 0 saturated carbocycles. The molecule has 1 aliphatic rings. The van der Waals surface area contributed by atoms with E-state index < -0.39 is 6.29 Å². The summed E-state index contributed by atoms with van der Waals surface area (Å²) in [6, 6.07) is 15.1. The summed E-state index contributed by atoms with van der Waals surface area (Å²) in [6.07, 6.45) is 5.80. The number of imidazole rings is 1. The molecular weight excluding hydrogens is 500 g/mol. The van der Waals surface area contributed by atoms with Crippen molar-refractivity contribution in [2.75, 3.05) is 26.2 Å². The lowest BCUT2D eigenvalue weighted by Crippen LogP contribution is -2.45. The van der Waals surface area contributed by atoms with E-state index in [2.05, 4.69) is 23.7 Å². The number of rotatable bonds is 11. The number of nitrogens with zero attached hydrogens (tertiary/aromatic N) is 4. The Balaban J connectivity index is 1.06. The van der Waals surface area contributed by atoms with Gasteiger partial charge in [-0.2, -0.15) is 5.10 Å². The average Bonchev–Trinajstić information content (AvgIpc) is 3.48. The third-order valence-corrected chi connectivity index (χ3v) is 7.75. The van der Waals surface area contributed by atoms with Crippen LogP contribution in [0.25, 0.3) is 26.8 Å². The molecule has 2 N–H and O–H groups in total. The van der Waals surface area contributed by atoms with Crippen LogP contribution in [-0.4, -0.2) is 68.2 Å². The summed E-state index contributed by atoms with van der Waals surface area (Å²) < 4.78 is 13.6. The van der Waals surface area contributed by atoms with Gasteiger partial charge < -0.3 is 19.7 Å². The van der Waals surface area contributed by atoms with E-state index in [9.17, 15) is 10.2 Å². The molecule has 0 radical (unpaired) electrons. The predicted octanol–water partition coefficient (Wildman–Crippen LogP) is 5.16. The molecule has 4 aromatic rings. The first-order valence-corrected chi connectivity index (χ1v) is 14.2. The molecule has 8 nitrogen and oxygen atoms in total. The minimum absolute atomic E-state index is 0.340. The van der Waals surface area contributed by atoms with E-state index in [0.717, 1.165) is 65.2 Å². The van der Waals surface area contributed by atoms with Gasteiger partial charge in [-0.15, -0.1) is 0 Å². The molecule has 5 rings (SSSR count). The molecule has 202 valence electrons. The Morgan fingerprint density at radius 1 is 0.947 bits per heavy atom. The molecule has 0 spiro atoms. The van der Waals surface area contributed by atoms with Crippen LogP contribution in [0.5, 0.6) is 5.75 Å². The Bertz CT molecular complexity index is 1260. The highest BCUT2D eigenvalue weighted by Crippen LogP contribution is 2.29. The maximum Gasteiger partial charge on any atom is 0.213 e. The summed E-state index contributed by atoms with van der Waals surface area (Å²) in [4.78, 5) is 8.02. The van der Waals surface area contributed by atoms with E-state index in [4.69, 9.17) is 14.6 Å². The van der Waals surface area contributed by atoms with Crippen LogP contribution in [0.15, 0.2) is 54.7 Å². The number of ether oxygens (including phenoxy) is 2. The molecule has 1 fully saturated rings. The van der Waals surface area contributed by atoms with Gasteiger partial charge >= 0.3 is 0 Å². The van der Waals surface area contributed by atoms with Crippen LogP contribution in [0.4, 0.5) is 0 Å². The molecule has 1 aliphatic heterocycles. The van der Waals surface area contributed by atoms with Gasteiger partial charge in [-0.1, -0.05) is 48.4 Å². The van der Waals surface area contributed by atoms with E-state index in [0.29, 0.717) is 17.8 Å². The molecule has 9 heteroatoms. The smallest absolute Gasteiger partial charge is 0.213 e. The largest absolute Gasteiger partial charge is 0.494 e. The number of aliphatic hydroxyl groups is 2. The number of fused-ring (bicyclic) bond motifs is 1. The van der Waals surface area contributed by atoms with E-state index in [1.165, 1.54) is 30.6 Å². The zero-order valence-corrected chi connectivity index (χ0v) is 22.8. The second kappa shape index (κ2) is 12.4. The van der Waals surface area contributed by atoms with Crippen molar-refractivity contribution < 1.29 is 19.7 Å². The van der Waals surface area contributed by atoms with Gasteiger partial charge in [0.25, 0.3) is 0 Å². The zero-order valence-electron chi connectivity index (χ0n) is 22.0. The summed E-state index contributed by atoms with van der Waals surface area (Å²) in [5, 5.41) is 24.1. The molecular formula is C29H36N4O4S. The molecule has 1 saturated heterocycles. The fourth-order valence-electron chi connectivity index (χ4n) is 4.92. The predicted molar refractivity (Wildman–Crippen MR) is 149 cm³/mol. The number of hydrogen-bond acceptors (Lipinski definition) is 8. The normalized spacial score (nSPS) is 18.4. The molecule has 0 unspecified atom stereocenters. The molecule has 2 atom stereocenters. The highest BCUT2D eigenvalue weighted by Gasteiger charge is 2.21. The quantitative estimate of drug-likeness (QED) is 0.202. The van der Waals surface area contributed by atoms with Crippen molar-refractivity contribution in [3.05, 3.63) is 60.3 Å². The maximum atomic E-state index is 9.27. The Morgan fingerprint density at radius 2 is 1.63 bits per heavy atom. The van der Waals surface area contributed by atoms with Crippen molar-refractivity contribution in [3.8, 4) is 27.6 Å². The van der Waals surface area contributed by atoms with Crippen molar-refractivity contribution in [1.82, 2.24) is 19.5 Å². The molecule has 3 heterocycles. The van der Waals surface area contributed by atoms with Crippen LogP contribution in [0, 0.1) is 0 Å². The lowest BCUT2D eigenvalue weighted by Gasteiger charge is -2.35. The number of hydrogen-bond donors (Lipinski definition) is 2. The minimum atomic E-state index is -1.47. The molecule has 0 aliphatic carbocycles. The standard InChI is InChI=1S/C29H36N4O4S/c1-20-17-32(18-21(2)37-20)15-5-3-4-6-16-36-25-13-11-23(12-14-25)27-31-33-19-26(30-29(33)38-27)22-7-9-24(10-8-22)28(34)35/h7-14,19-21,28,34-35H,3-6,15-18H2,1-2H3/t20-,21+. The topological polar surface area (TPSA) is 92.4 Å². The van der Waals surface area contributed by atoms with E-state index in [1.807, 2.05) is 42.6 Å². The van der Waals surface area contributed by atoms with Crippen LogP contribution >= 0.6 is 11.3 Å². The first-order valence-electron chi connectivity index (χ1n) is 13.4. The summed E-state index contributed by atoms with van der Waals surface area (Å²) in [5.41, 5.74) is 3.17. The van der Waals surface area contributed by atoms with Crippen LogP contribution in [0.2, 0.25) is 0 Å². The highest BCUT2D eigenvalue weighted by molar-refractivity contribution is 7.19. The lowest BCUT2D eigenvalue weighted by molar-refractivity contribution is -0.0681. The first kappa shape index (κ1) is 26.8. The van der Waals surface area contributed by atoms with Crippen LogP contribution < -0.4 is 4.74 Å². The van der Waals surface area contributed by atoms with E-state index in [-0.39, 0.29) is 0 Å². The van der Waals surface area contributed by atoms with Crippen LogP contribution in [0.1, 0.15) is 51.4 Å². The van der Waals surface area contributed by atoms with Gasteiger partial charge in [0.2, 0.25) is 4.96 Å². The number of unbranched alkanes of at least 4 members (excludes halogenated alkanes) is 3.